The van der Waals surface area contributed by atoms with Gasteiger partial charge in [-0.05, 0) is 38.9 Å². The predicted molar refractivity (Wildman–Crippen MR) is 76.4 cm³/mol. The summed E-state index contributed by atoms with van der Waals surface area (Å²) in [6.45, 7) is 6.18. The molecule has 1 aromatic rings. The van der Waals surface area contributed by atoms with E-state index in [1.807, 2.05) is 6.07 Å². The molecular formula is C15H24N2O2. The summed E-state index contributed by atoms with van der Waals surface area (Å²) in [5.74, 6) is -0.0665. The van der Waals surface area contributed by atoms with Crippen LogP contribution in [-0.2, 0) is 6.54 Å². The van der Waals surface area contributed by atoms with Gasteiger partial charge < -0.3 is 20.4 Å². The van der Waals surface area contributed by atoms with Crippen molar-refractivity contribution in [3.8, 4) is 11.5 Å². The van der Waals surface area contributed by atoms with E-state index in [0.717, 1.165) is 12.1 Å². The second kappa shape index (κ2) is 6.78. The van der Waals surface area contributed by atoms with Crippen molar-refractivity contribution in [1.29, 1.82) is 0 Å². The highest BCUT2D eigenvalue weighted by Crippen LogP contribution is 2.27. The highest BCUT2D eigenvalue weighted by atomic mass is 16.3. The highest BCUT2D eigenvalue weighted by Gasteiger charge is 2.13. The molecule has 1 atom stereocenters. The number of likely N-dealkylation sites (tertiary alicyclic amines) is 1. The molecule has 1 saturated heterocycles. The van der Waals surface area contributed by atoms with Crippen molar-refractivity contribution in [2.24, 2.45) is 0 Å². The van der Waals surface area contributed by atoms with Crippen molar-refractivity contribution >= 4 is 0 Å². The van der Waals surface area contributed by atoms with Crippen LogP contribution >= 0.6 is 0 Å². The summed E-state index contributed by atoms with van der Waals surface area (Å²) in [5, 5.41) is 22.6. The molecule has 1 heterocycles. The zero-order valence-electron chi connectivity index (χ0n) is 11.6. The number of rotatable bonds is 5. The molecule has 0 bridgehead atoms. The molecule has 0 aliphatic carbocycles. The first-order chi connectivity index (χ1) is 9.16. The average molecular weight is 264 g/mol. The Morgan fingerprint density at radius 1 is 1.21 bits per heavy atom. The Hall–Kier alpha value is -1.26. The monoisotopic (exact) mass is 264 g/mol. The summed E-state index contributed by atoms with van der Waals surface area (Å²) in [6.07, 6.45) is 3.97. The molecule has 1 unspecified atom stereocenters. The number of hydrogen-bond acceptors (Lipinski definition) is 4. The zero-order chi connectivity index (χ0) is 13.7. The van der Waals surface area contributed by atoms with E-state index in [0.29, 0.717) is 12.6 Å². The van der Waals surface area contributed by atoms with Crippen molar-refractivity contribution in [2.45, 2.75) is 38.8 Å². The summed E-state index contributed by atoms with van der Waals surface area (Å²) in [7, 11) is 0. The third-order valence-electron chi connectivity index (χ3n) is 3.72. The molecule has 4 nitrogen and oxygen atoms in total. The first-order valence-electron chi connectivity index (χ1n) is 7.12. The summed E-state index contributed by atoms with van der Waals surface area (Å²) in [6, 6.07) is 5.45. The van der Waals surface area contributed by atoms with Crippen LogP contribution in [0.5, 0.6) is 11.5 Å². The zero-order valence-corrected chi connectivity index (χ0v) is 11.6. The number of aromatic hydroxyl groups is 2. The van der Waals surface area contributed by atoms with E-state index in [1.54, 1.807) is 6.07 Å². The molecular weight excluding hydrogens is 240 g/mol. The van der Waals surface area contributed by atoms with Crippen LogP contribution in [0.25, 0.3) is 0 Å². The Labute approximate surface area is 115 Å². The topological polar surface area (TPSA) is 55.7 Å². The largest absolute Gasteiger partial charge is 0.504 e. The second-order valence-corrected chi connectivity index (χ2v) is 5.43. The SMILES string of the molecule is CC(CN1CCCCC1)NCc1cccc(O)c1O. The lowest BCUT2D eigenvalue weighted by Gasteiger charge is -2.29. The molecule has 1 aromatic carbocycles. The van der Waals surface area contributed by atoms with E-state index >= 15 is 0 Å². The molecule has 0 saturated carbocycles. The van der Waals surface area contributed by atoms with E-state index < -0.39 is 0 Å². The number of phenolic OH excluding ortho intramolecular Hbond substituents is 2. The Balaban J connectivity index is 1.79. The van der Waals surface area contributed by atoms with Gasteiger partial charge in [-0.15, -0.1) is 0 Å². The van der Waals surface area contributed by atoms with Gasteiger partial charge in [0.2, 0.25) is 0 Å². The van der Waals surface area contributed by atoms with Gasteiger partial charge >= 0.3 is 0 Å². The molecule has 106 valence electrons. The standard InChI is InChI=1S/C15H24N2O2/c1-12(11-17-8-3-2-4-9-17)16-10-13-6-5-7-14(18)15(13)19/h5-7,12,16,18-19H,2-4,8-11H2,1H3. The van der Waals surface area contributed by atoms with Gasteiger partial charge in [0.25, 0.3) is 0 Å². The molecule has 1 aliphatic rings. The fourth-order valence-electron chi connectivity index (χ4n) is 2.60. The van der Waals surface area contributed by atoms with E-state index in [1.165, 1.54) is 38.4 Å². The Morgan fingerprint density at radius 2 is 1.95 bits per heavy atom. The first-order valence-corrected chi connectivity index (χ1v) is 7.12. The Bertz CT molecular complexity index is 403. The minimum atomic E-state index is -0.0528. The van der Waals surface area contributed by atoms with Crippen LogP contribution in [0.3, 0.4) is 0 Å². The maximum atomic E-state index is 9.73. The van der Waals surface area contributed by atoms with Crippen LogP contribution in [-0.4, -0.2) is 40.8 Å². The van der Waals surface area contributed by atoms with Gasteiger partial charge in [-0.2, -0.15) is 0 Å². The molecule has 19 heavy (non-hydrogen) atoms. The van der Waals surface area contributed by atoms with Gasteiger partial charge in [0.15, 0.2) is 11.5 Å². The fraction of sp³-hybridized carbons (Fsp3) is 0.600. The van der Waals surface area contributed by atoms with E-state index in [2.05, 4.69) is 17.1 Å². The van der Waals surface area contributed by atoms with Gasteiger partial charge in [-0.3, -0.25) is 0 Å². The minimum absolute atomic E-state index is 0.0137. The molecule has 4 heteroatoms. The van der Waals surface area contributed by atoms with Gasteiger partial charge in [0.1, 0.15) is 0 Å². The number of para-hydroxylation sites is 1. The average Bonchev–Trinajstić information content (AvgIpc) is 2.42. The number of nitrogens with one attached hydrogen (secondary N) is 1. The molecule has 1 aliphatic heterocycles. The van der Waals surface area contributed by atoms with E-state index in [9.17, 15) is 10.2 Å². The highest BCUT2D eigenvalue weighted by molar-refractivity contribution is 5.44. The van der Waals surface area contributed by atoms with Crippen LogP contribution in [0.2, 0.25) is 0 Å². The quantitative estimate of drug-likeness (QED) is 0.713. The lowest BCUT2D eigenvalue weighted by Crippen LogP contribution is -2.41. The first kappa shape index (κ1) is 14.2. The molecule has 0 radical (unpaired) electrons. The van der Waals surface area contributed by atoms with Crippen molar-refractivity contribution in [2.75, 3.05) is 19.6 Å². The number of nitrogens with zero attached hydrogens (tertiary/aromatic N) is 1. The number of benzene rings is 1. The van der Waals surface area contributed by atoms with Crippen LogP contribution < -0.4 is 5.32 Å². The fourth-order valence-corrected chi connectivity index (χ4v) is 2.60. The van der Waals surface area contributed by atoms with Crippen molar-refractivity contribution in [1.82, 2.24) is 10.2 Å². The van der Waals surface area contributed by atoms with Crippen molar-refractivity contribution < 1.29 is 10.2 Å². The van der Waals surface area contributed by atoms with E-state index in [4.69, 9.17) is 0 Å². The maximum absolute atomic E-state index is 9.73. The van der Waals surface area contributed by atoms with Crippen LogP contribution in [0.1, 0.15) is 31.7 Å². The smallest absolute Gasteiger partial charge is 0.161 e. The summed E-state index contributed by atoms with van der Waals surface area (Å²) in [5.41, 5.74) is 0.741. The molecule has 3 N–H and O–H groups in total. The summed E-state index contributed by atoms with van der Waals surface area (Å²) in [4.78, 5) is 2.49. The number of piperidine rings is 1. The molecule has 0 spiro atoms. The van der Waals surface area contributed by atoms with Gasteiger partial charge in [0.05, 0.1) is 0 Å². The molecule has 0 aromatic heterocycles. The molecule has 2 rings (SSSR count). The normalized spacial score (nSPS) is 18.4. The Kier molecular flexibility index (Phi) is 5.05. The van der Waals surface area contributed by atoms with Crippen molar-refractivity contribution in [3.63, 3.8) is 0 Å². The van der Waals surface area contributed by atoms with Gasteiger partial charge in [0, 0.05) is 24.7 Å². The lowest BCUT2D eigenvalue weighted by atomic mass is 10.1. The number of hydrogen-bond donors (Lipinski definition) is 3. The summed E-state index contributed by atoms with van der Waals surface area (Å²) >= 11 is 0. The number of phenols is 2. The Morgan fingerprint density at radius 3 is 2.68 bits per heavy atom. The van der Waals surface area contributed by atoms with Gasteiger partial charge in [-0.1, -0.05) is 18.6 Å². The van der Waals surface area contributed by atoms with Crippen LogP contribution in [0, 0.1) is 0 Å². The predicted octanol–water partition coefficient (Wildman–Crippen LogP) is 2.06. The third-order valence-corrected chi connectivity index (χ3v) is 3.72. The lowest BCUT2D eigenvalue weighted by molar-refractivity contribution is 0.208. The van der Waals surface area contributed by atoms with Crippen LogP contribution in [0.4, 0.5) is 0 Å². The third kappa shape index (κ3) is 4.11. The molecule has 1 fully saturated rings. The second-order valence-electron chi connectivity index (χ2n) is 5.43. The maximum Gasteiger partial charge on any atom is 0.161 e. The minimum Gasteiger partial charge on any atom is -0.504 e. The van der Waals surface area contributed by atoms with E-state index in [-0.39, 0.29) is 11.5 Å². The summed E-state index contributed by atoms with van der Waals surface area (Å²) < 4.78 is 0. The van der Waals surface area contributed by atoms with Crippen molar-refractivity contribution in [3.05, 3.63) is 23.8 Å². The van der Waals surface area contributed by atoms with Crippen LogP contribution in [0.15, 0.2) is 18.2 Å². The molecule has 0 amide bonds. The van der Waals surface area contributed by atoms with Gasteiger partial charge in [-0.25, -0.2) is 0 Å².